The molecule has 6 nitrogen and oxygen atoms in total. The van der Waals surface area contributed by atoms with Crippen molar-refractivity contribution in [2.24, 2.45) is 11.1 Å². The molecule has 1 heterocycles. The van der Waals surface area contributed by atoms with E-state index in [1.807, 2.05) is 6.92 Å². The van der Waals surface area contributed by atoms with E-state index in [-0.39, 0.29) is 5.91 Å². The molecule has 6 heteroatoms. The third-order valence-corrected chi connectivity index (χ3v) is 2.37. The minimum Gasteiger partial charge on any atom is -0.369 e. The van der Waals surface area contributed by atoms with Crippen LogP contribution in [0.1, 0.15) is 20.8 Å². The van der Waals surface area contributed by atoms with Crippen LogP contribution >= 0.6 is 0 Å². The summed E-state index contributed by atoms with van der Waals surface area (Å²) in [4.78, 5) is 19.5. The number of nitrogens with two attached hydrogens (primary N) is 1. The third-order valence-electron chi connectivity index (χ3n) is 2.37. The summed E-state index contributed by atoms with van der Waals surface area (Å²) in [5.41, 5.74) is 4.67. The second-order valence-electron chi connectivity index (χ2n) is 4.42. The summed E-state index contributed by atoms with van der Waals surface area (Å²) in [5, 5.41) is 6.11. The zero-order valence-corrected chi connectivity index (χ0v) is 10.4. The van der Waals surface area contributed by atoms with Crippen LogP contribution in [0.5, 0.6) is 0 Å². The number of nitrogens with zero attached hydrogens (tertiary/aromatic N) is 2. The number of hydrogen-bond acceptors (Lipinski definition) is 5. The van der Waals surface area contributed by atoms with Gasteiger partial charge in [-0.2, -0.15) is 0 Å². The van der Waals surface area contributed by atoms with Crippen LogP contribution in [0.4, 0.5) is 11.6 Å². The summed E-state index contributed by atoms with van der Waals surface area (Å²) in [6, 6.07) is 0. The van der Waals surface area contributed by atoms with Gasteiger partial charge in [0, 0.05) is 13.1 Å². The van der Waals surface area contributed by atoms with E-state index in [0.29, 0.717) is 18.2 Å². The van der Waals surface area contributed by atoms with E-state index in [1.165, 1.54) is 0 Å². The SMILES string of the molecule is CCNc1cncc(NCC(C)(C)C(N)=O)n1. The molecule has 0 saturated carbocycles. The Kier molecular flexibility index (Phi) is 4.25. The fourth-order valence-corrected chi connectivity index (χ4v) is 1.12. The fourth-order valence-electron chi connectivity index (χ4n) is 1.12. The predicted octanol–water partition coefficient (Wildman–Crippen LogP) is 0.832. The third kappa shape index (κ3) is 3.90. The lowest BCUT2D eigenvalue weighted by Gasteiger charge is -2.21. The number of anilines is 2. The second-order valence-corrected chi connectivity index (χ2v) is 4.42. The van der Waals surface area contributed by atoms with Crippen molar-refractivity contribution in [2.75, 3.05) is 23.7 Å². The summed E-state index contributed by atoms with van der Waals surface area (Å²) < 4.78 is 0. The van der Waals surface area contributed by atoms with E-state index in [9.17, 15) is 4.79 Å². The highest BCUT2D eigenvalue weighted by molar-refractivity contribution is 5.80. The van der Waals surface area contributed by atoms with Gasteiger partial charge >= 0.3 is 0 Å². The quantitative estimate of drug-likeness (QED) is 0.681. The molecular formula is C11H19N5O. The summed E-state index contributed by atoms with van der Waals surface area (Å²) in [6.07, 6.45) is 3.26. The van der Waals surface area contributed by atoms with Crippen molar-refractivity contribution in [3.8, 4) is 0 Å². The van der Waals surface area contributed by atoms with Crippen molar-refractivity contribution < 1.29 is 4.79 Å². The molecule has 0 bridgehead atoms. The lowest BCUT2D eigenvalue weighted by atomic mass is 9.93. The van der Waals surface area contributed by atoms with Gasteiger partial charge in [0.1, 0.15) is 11.6 Å². The number of carbonyl (C=O) groups is 1. The van der Waals surface area contributed by atoms with Gasteiger partial charge in [-0.3, -0.25) is 9.78 Å². The van der Waals surface area contributed by atoms with E-state index >= 15 is 0 Å². The van der Waals surface area contributed by atoms with Crippen LogP contribution in [0, 0.1) is 5.41 Å². The number of carbonyl (C=O) groups excluding carboxylic acids is 1. The molecular weight excluding hydrogens is 218 g/mol. The topological polar surface area (TPSA) is 92.9 Å². The van der Waals surface area contributed by atoms with E-state index in [0.717, 1.165) is 6.54 Å². The Morgan fingerprint density at radius 3 is 2.47 bits per heavy atom. The Bertz CT molecular complexity index is 391. The van der Waals surface area contributed by atoms with Crippen LogP contribution in [0.3, 0.4) is 0 Å². The molecule has 0 aliphatic rings. The number of primary amides is 1. The largest absolute Gasteiger partial charge is 0.369 e. The zero-order chi connectivity index (χ0) is 12.9. The normalized spacial score (nSPS) is 11.0. The molecule has 1 amide bonds. The van der Waals surface area contributed by atoms with E-state index < -0.39 is 5.41 Å². The maximum absolute atomic E-state index is 11.1. The molecule has 0 aliphatic carbocycles. The van der Waals surface area contributed by atoms with E-state index in [1.54, 1.807) is 26.2 Å². The lowest BCUT2D eigenvalue weighted by Crippen LogP contribution is -2.37. The number of amides is 1. The standard InChI is InChI=1S/C11H19N5O/c1-4-14-8-5-13-6-9(16-8)15-7-11(2,3)10(12)17/h5-6H,4,7H2,1-3H3,(H2,12,17)(H2,14,15,16). The smallest absolute Gasteiger partial charge is 0.224 e. The minimum atomic E-state index is -0.615. The van der Waals surface area contributed by atoms with Gasteiger partial charge in [-0.1, -0.05) is 0 Å². The second kappa shape index (κ2) is 5.47. The van der Waals surface area contributed by atoms with Gasteiger partial charge in [-0.15, -0.1) is 0 Å². The average molecular weight is 237 g/mol. The first-order chi connectivity index (χ1) is 7.95. The van der Waals surface area contributed by atoms with Gasteiger partial charge in [0.15, 0.2) is 0 Å². The molecule has 0 aliphatic heterocycles. The molecule has 0 spiro atoms. The van der Waals surface area contributed by atoms with Gasteiger partial charge in [0.05, 0.1) is 17.8 Å². The summed E-state index contributed by atoms with van der Waals surface area (Å²) in [6.45, 7) is 6.75. The Morgan fingerprint density at radius 1 is 1.35 bits per heavy atom. The molecule has 0 atom stereocenters. The molecule has 1 rings (SSSR count). The first-order valence-electron chi connectivity index (χ1n) is 5.55. The Labute approximate surface area is 101 Å². The number of aromatic nitrogens is 2. The Morgan fingerprint density at radius 2 is 1.94 bits per heavy atom. The highest BCUT2D eigenvalue weighted by atomic mass is 16.1. The molecule has 1 aromatic rings. The lowest BCUT2D eigenvalue weighted by molar-refractivity contribution is -0.125. The molecule has 0 aromatic carbocycles. The van der Waals surface area contributed by atoms with Gasteiger partial charge < -0.3 is 16.4 Å². The molecule has 0 fully saturated rings. The molecule has 1 aromatic heterocycles. The minimum absolute atomic E-state index is 0.346. The van der Waals surface area contributed by atoms with Crippen molar-refractivity contribution in [2.45, 2.75) is 20.8 Å². The van der Waals surface area contributed by atoms with Gasteiger partial charge in [0.2, 0.25) is 5.91 Å². The molecule has 17 heavy (non-hydrogen) atoms. The van der Waals surface area contributed by atoms with Crippen molar-refractivity contribution >= 4 is 17.5 Å². The molecule has 0 radical (unpaired) electrons. The highest BCUT2D eigenvalue weighted by Gasteiger charge is 2.24. The summed E-state index contributed by atoms with van der Waals surface area (Å²) in [7, 11) is 0. The number of nitrogens with one attached hydrogen (secondary N) is 2. The molecule has 94 valence electrons. The van der Waals surface area contributed by atoms with E-state index in [2.05, 4.69) is 20.6 Å². The van der Waals surface area contributed by atoms with Crippen LogP contribution in [0.25, 0.3) is 0 Å². The van der Waals surface area contributed by atoms with Crippen molar-refractivity contribution in [3.63, 3.8) is 0 Å². The van der Waals surface area contributed by atoms with Crippen LogP contribution in [-0.2, 0) is 4.79 Å². The van der Waals surface area contributed by atoms with Gasteiger partial charge in [0.25, 0.3) is 0 Å². The fraction of sp³-hybridized carbons (Fsp3) is 0.545. The summed E-state index contributed by atoms with van der Waals surface area (Å²) in [5.74, 6) is 0.980. The van der Waals surface area contributed by atoms with Crippen LogP contribution in [0.15, 0.2) is 12.4 Å². The van der Waals surface area contributed by atoms with Crippen LogP contribution in [0.2, 0.25) is 0 Å². The van der Waals surface area contributed by atoms with Crippen molar-refractivity contribution in [1.82, 2.24) is 9.97 Å². The van der Waals surface area contributed by atoms with Crippen molar-refractivity contribution in [1.29, 1.82) is 0 Å². The number of hydrogen-bond donors (Lipinski definition) is 3. The first-order valence-corrected chi connectivity index (χ1v) is 5.55. The average Bonchev–Trinajstić information content (AvgIpc) is 2.27. The molecule has 0 unspecified atom stereocenters. The van der Waals surface area contributed by atoms with Gasteiger partial charge in [-0.05, 0) is 20.8 Å². The van der Waals surface area contributed by atoms with E-state index in [4.69, 9.17) is 5.73 Å². The maximum atomic E-state index is 11.1. The summed E-state index contributed by atoms with van der Waals surface area (Å²) >= 11 is 0. The zero-order valence-electron chi connectivity index (χ0n) is 10.4. The van der Waals surface area contributed by atoms with Crippen LogP contribution in [-0.4, -0.2) is 29.0 Å². The molecule has 0 saturated heterocycles. The first kappa shape index (κ1) is 13.2. The van der Waals surface area contributed by atoms with Gasteiger partial charge in [-0.25, -0.2) is 4.98 Å². The van der Waals surface area contributed by atoms with Crippen molar-refractivity contribution in [3.05, 3.63) is 12.4 Å². The highest BCUT2D eigenvalue weighted by Crippen LogP contribution is 2.15. The molecule has 4 N–H and O–H groups in total. The maximum Gasteiger partial charge on any atom is 0.224 e. The predicted molar refractivity (Wildman–Crippen MR) is 67.7 cm³/mol. The number of rotatable bonds is 6. The van der Waals surface area contributed by atoms with Crippen LogP contribution < -0.4 is 16.4 Å². The Balaban J connectivity index is 2.63. The monoisotopic (exact) mass is 237 g/mol. The Hall–Kier alpha value is -1.85.